The van der Waals surface area contributed by atoms with Crippen molar-refractivity contribution in [1.82, 2.24) is 4.98 Å². The lowest BCUT2D eigenvalue weighted by molar-refractivity contribution is 0.101. The van der Waals surface area contributed by atoms with Crippen LogP contribution in [0.2, 0.25) is 0 Å². The van der Waals surface area contributed by atoms with Gasteiger partial charge < -0.3 is 9.84 Å². The molecule has 0 unspecified atom stereocenters. The highest BCUT2D eigenvalue weighted by atomic mass is 32.2. The molecule has 1 heterocycles. The molecule has 0 bridgehead atoms. The molecule has 0 amide bonds. The first-order valence-electron chi connectivity index (χ1n) is 8.94. The minimum atomic E-state index is -3.86. The summed E-state index contributed by atoms with van der Waals surface area (Å²) in [5.74, 6) is -0.0132. The van der Waals surface area contributed by atoms with Crippen molar-refractivity contribution < 1.29 is 27.9 Å². The number of phenols is 1. The molecule has 0 radical (unpaired) electrons. The zero-order valence-electron chi connectivity index (χ0n) is 16.3. The monoisotopic (exact) mass is 425 g/mol. The number of carbonyl (C=O) groups excluding carboxylic acids is 2. The van der Waals surface area contributed by atoms with Gasteiger partial charge in [0.05, 0.1) is 15.4 Å². The van der Waals surface area contributed by atoms with Gasteiger partial charge in [0.25, 0.3) is 0 Å². The van der Waals surface area contributed by atoms with E-state index in [1.165, 1.54) is 43.6 Å². The Morgan fingerprint density at radius 3 is 2.60 bits per heavy atom. The van der Waals surface area contributed by atoms with E-state index in [-0.39, 0.29) is 39.1 Å². The number of aromatic hydroxyl groups is 1. The predicted octanol–water partition coefficient (Wildman–Crippen LogP) is 3.52. The number of hydrogen-bond acceptors (Lipinski definition) is 7. The molecular formula is C22H19NO6S. The number of phenolic OH excluding ortho intramolecular Hbond substituents is 1. The van der Waals surface area contributed by atoms with Crippen molar-refractivity contribution in [2.75, 3.05) is 0 Å². The normalized spacial score (nSPS) is 11.1. The van der Waals surface area contributed by atoms with E-state index in [9.17, 15) is 23.1 Å². The van der Waals surface area contributed by atoms with Crippen LogP contribution in [0.15, 0.2) is 64.6 Å². The summed E-state index contributed by atoms with van der Waals surface area (Å²) in [5.41, 5.74) is 1.38. The van der Waals surface area contributed by atoms with Gasteiger partial charge in [-0.15, -0.1) is 0 Å². The first kappa shape index (κ1) is 21.2. The standard InChI is InChI=1S/C22H19NO6S/c1-14-21(7-6-20(15(2)25)22(14)26)29-13-16-4-3-5-18(8-16)30(27,28)19-9-17(12-24)10-23-11-19/h3-12,26H,13H2,1-2H3. The van der Waals surface area contributed by atoms with Gasteiger partial charge in [-0.25, -0.2) is 8.42 Å². The molecule has 30 heavy (non-hydrogen) atoms. The molecule has 154 valence electrons. The molecule has 0 aliphatic heterocycles. The third kappa shape index (κ3) is 4.23. The zero-order valence-corrected chi connectivity index (χ0v) is 17.1. The molecule has 0 saturated heterocycles. The lowest BCUT2D eigenvalue weighted by Gasteiger charge is -2.13. The summed E-state index contributed by atoms with van der Waals surface area (Å²) in [5, 5.41) is 10.2. The summed E-state index contributed by atoms with van der Waals surface area (Å²) < 4.78 is 31.5. The zero-order chi connectivity index (χ0) is 21.9. The van der Waals surface area contributed by atoms with E-state index in [0.717, 1.165) is 0 Å². The quantitative estimate of drug-likeness (QED) is 0.455. The topological polar surface area (TPSA) is 111 Å². The van der Waals surface area contributed by atoms with Gasteiger partial charge in [-0.3, -0.25) is 14.6 Å². The van der Waals surface area contributed by atoms with Crippen LogP contribution < -0.4 is 4.74 Å². The van der Waals surface area contributed by atoms with Crippen LogP contribution in [0.5, 0.6) is 11.5 Å². The number of pyridine rings is 1. The van der Waals surface area contributed by atoms with Crippen LogP contribution in [-0.2, 0) is 16.4 Å². The Labute approximate surface area is 173 Å². The van der Waals surface area contributed by atoms with E-state index in [4.69, 9.17) is 4.74 Å². The Morgan fingerprint density at radius 2 is 1.90 bits per heavy atom. The van der Waals surface area contributed by atoms with Gasteiger partial charge in [-0.2, -0.15) is 0 Å². The fourth-order valence-electron chi connectivity index (χ4n) is 2.87. The number of rotatable bonds is 7. The molecule has 0 fully saturated rings. The second-order valence-corrected chi connectivity index (χ2v) is 8.60. The second-order valence-electron chi connectivity index (χ2n) is 6.65. The average Bonchev–Trinajstić information content (AvgIpc) is 2.74. The first-order chi connectivity index (χ1) is 14.2. The lowest BCUT2D eigenvalue weighted by atomic mass is 10.1. The van der Waals surface area contributed by atoms with Crippen LogP contribution in [0, 0.1) is 6.92 Å². The summed E-state index contributed by atoms with van der Waals surface area (Å²) in [6.07, 6.45) is 3.01. The van der Waals surface area contributed by atoms with Crippen LogP contribution in [0.4, 0.5) is 0 Å². The summed E-state index contributed by atoms with van der Waals surface area (Å²) in [6.45, 7) is 3.04. The van der Waals surface area contributed by atoms with E-state index >= 15 is 0 Å². The Kier molecular flexibility index (Phi) is 5.98. The van der Waals surface area contributed by atoms with Crippen molar-refractivity contribution >= 4 is 21.9 Å². The van der Waals surface area contributed by atoms with E-state index in [1.54, 1.807) is 25.1 Å². The highest BCUT2D eigenvalue weighted by molar-refractivity contribution is 7.91. The summed E-state index contributed by atoms with van der Waals surface area (Å²) in [7, 11) is -3.86. The minimum Gasteiger partial charge on any atom is -0.507 e. The van der Waals surface area contributed by atoms with E-state index in [2.05, 4.69) is 4.98 Å². The number of sulfone groups is 1. The molecule has 0 atom stereocenters. The molecule has 7 nitrogen and oxygen atoms in total. The van der Waals surface area contributed by atoms with E-state index in [1.807, 2.05) is 0 Å². The maximum Gasteiger partial charge on any atom is 0.208 e. The molecule has 8 heteroatoms. The molecule has 1 N–H and O–H groups in total. The van der Waals surface area contributed by atoms with Crippen LogP contribution in [0.1, 0.15) is 38.8 Å². The fourth-order valence-corrected chi connectivity index (χ4v) is 4.20. The number of aldehydes is 1. The van der Waals surface area contributed by atoms with Crippen molar-refractivity contribution in [3.05, 3.63) is 77.1 Å². The Morgan fingerprint density at radius 1 is 1.13 bits per heavy atom. The van der Waals surface area contributed by atoms with Crippen molar-refractivity contribution in [3.8, 4) is 11.5 Å². The molecule has 0 aliphatic rings. The van der Waals surface area contributed by atoms with Gasteiger partial charge in [-0.1, -0.05) is 12.1 Å². The number of benzene rings is 2. The highest BCUT2D eigenvalue weighted by Crippen LogP contribution is 2.31. The molecule has 0 spiro atoms. The van der Waals surface area contributed by atoms with Crippen LogP contribution in [0.3, 0.4) is 0 Å². The van der Waals surface area contributed by atoms with Gasteiger partial charge in [0.2, 0.25) is 9.84 Å². The predicted molar refractivity (Wildman–Crippen MR) is 109 cm³/mol. The Balaban J connectivity index is 1.85. The number of nitrogens with zero attached hydrogens (tertiary/aromatic N) is 1. The molecular weight excluding hydrogens is 406 g/mol. The van der Waals surface area contributed by atoms with Gasteiger partial charge in [0.1, 0.15) is 18.1 Å². The van der Waals surface area contributed by atoms with Crippen LogP contribution in [0.25, 0.3) is 0 Å². The molecule has 1 aromatic heterocycles. The van der Waals surface area contributed by atoms with E-state index < -0.39 is 9.84 Å². The molecule has 0 saturated carbocycles. The van der Waals surface area contributed by atoms with Crippen molar-refractivity contribution in [2.45, 2.75) is 30.2 Å². The maximum atomic E-state index is 12.9. The second kappa shape index (κ2) is 8.46. The molecule has 0 aliphatic carbocycles. The van der Waals surface area contributed by atoms with Gasteiger partial charge in [-0.05, 0) is 49.7 Å². The number of aromatic nitrogens is 1. The minimum absolute atomic E-state index is 0.0416. The van der Waals surface area contributed by atoms with Crippen molar-refractivity contribution in [2.24, 2.45) is 0 Å². The number of ether oxygens (including phenoxy) is 1. The summed E-state index contributed by atoms with van der Waals surface area (Å²) >= 11 is 0. The highest BCUT2D eigenvalue weighted by Gasteiger charge is 2.19. The van der Waals surface area contributed by atoms with Crippen molar-refractivity contribution in [3.63, 3.8) is 0 Å². The smallest absolute Gasteiger partial charge is 0.208 e. The molecule has 2 aromatic carbocycles. The average molecular weight is 425 g/mol. The first-order valence-corrected chi connectivity index (χ1v) is 10.4. The van der Waals surface area contributed by atoms with E-state index in [0.29, 0.717) is 23.2 Å². The van der Waals surface area contributed by atoms with Gasteiger partial charge >= 0.3 is 0 Å². The SMILES string of the molecule is CC(=O)c1ccc(OCc2cccc(S(=O)(=O)c3cncc(C=O)c3)c2)c(C)c1O. The van der Waals surface area contributed by atoms with Crippen molar-refractivity contribution in [1.29, 1.82) is 0 Å². The van der Waals surface area contributed by atoms with Gasteiger partial charge in [0.15, 0.2) is 12.1 Å². The number of carbonyl (C=O) groups is 2. The number of Topliss-reactive ketones (excluding diaryl/α,β-unsaturated/α-hetero) is 1. The Bertz CT molecular complexity index is 1230. The molecule has 3 aromatic rings. The third-order valence-electron chi connectivity index (χ3n) is 4.54. The summed E-state index contributed by atoms with van der Waals surface area (Å²) in [4.78, 5) is 26.2. The fraction of sp³-hybridized carbons (Fsp3) is 0.136. The van der Waals surface area contributed by atoms with Crippen LogP contribution >= 0.6 is 0 Å². The van der Waals surface area contributed by atoms with Crippen LogP contribution in [-0.4, -0.2) is 30.6 Å². The number of hydrogen-bond donors (Lipinski definition) is 1. The lowest BCUT2D eigenvalue weighted by Crippen LogP contribution is -2.05. The molecule has 3 rings (SSSR count). The third-order valence-corrected chi connectivity index (χ3v) is 6.26. The van der Waals surface area contributed by atoms with Gasteiger partial charge in [0, 0.05) is 23.5 Å². The summed E-state index contributed by atoms with van der Waals surface area (Å²) in [6, 6.07) is 10.6. The largest absolute Gasteiger partial charge is 0.507 e. The maximum absolute atomic E-state index is 12.9. The number of ketones is 1. The Hall–Kier alpha value is -3.52.